The van der Waals surface area contributed by atoms with E-state index in [-0.39, 0.29) is 5.56 Å². The number of hydrogen-bond donors (Lipinski definition) is 1. The standard InChI is InChI=1S/C16H15ClF3N/c1-2-21-10-11-7-8-12(17)9-14(11)13-5-3-4-6-15(13)16(18,19)20/h3-9,21H,2,10H2,1H3. The van der Waals surface area contributed by atoms with Crippen molar-refractivity contribution in [3.8, 4) is 11.1 Å². The molecule has 0 saturated heterocycles. The van der Waals surface area contributed by atoms with Crippen LogP contribution in [0.3, 0.4) is 0 Å². The maximum Gasteiger partial charge on any atom is 0.417 e. The van der Waals surface area contributed by atoms with Crippen molar-refractivity contribution in [3.63, 3.8) is 0 Å². The summed E-state index contributed by atoms with van der Waals surface area (Å²) in [6.45, 7) is 3.18. The molecule has 0 saturated carbocycles. The first-order valence-corrected chi connectivity index (χ1v) is 6.97. The molecule has 0 aromatic heterocycles. The molecule has 21 heavy (non-hydrogen) atoms. The SMILES string of the molecule is CCNCc1ccc(Cl)cc1-c1ccccc1C(F)(F)F. The Bertz CT molecular complexity index is 623. The predicted molar refractivity (Wildman–Crippen MR) is 79.3 cm³/mol. The van der Waals surface area contributed by atoms with Crippen LogP contribution in [0.4, 0.5) is 13.2 Å². The number of rotatable bonds is 4. The van der Waals surface area contributed by atoms with E-state index < -0.39 is 11.7 Å². The number of nitrogens with one attached hydrogen (secondary N) is 1. The normalized spacial score (nSPS) is 11.7. The lowest BCUT2D eigenvalue weighted by Crippen LogP contribution is -2.13. The summed E-state index contributed by atoms with van der Waals surface area (Å²) in [5.41, 5.74) is 0.805. The fourth-order valence-electron chi connectivity index (χ4n) is 2.18. The summed E-state index contributed by atoms with van der Waals surface area (Å²) < 4.78 is 39.5. The van der Waals surface area contributed by atoms with Gasteiger partial charge in [0.1, 0.15) is 0 Å². The Morgan fingerprint density at radius 3 is 2.43 bits per heavy atom. The van der Waals surface area contributed by atoms with E-state index in [1.807, 2.05) is 6.92 Å². The monoisotopic (exact) mass is 313 g/mol. The van der Waals surface area contributed by atoms with E-state index in [1.165, 1.54) is 12.1 Å². The van der Waals surface area contributed by atoms with Gasteiger partial charge in [0.15, 0.2) is 0 Å². The van der Waals surface area contributed by atoms with Gasteiger partial charge in [-0.2, -0.15) is 13.2 Å². The van der Waals surface area contributed by atoms with Gasteiger partial charge in [-0.15, -0.1) is 0 Å². The van der Waals surface area contributed by atoms with Crippen molar-refractivity contribution in [3.05, 3.63) is 58.6 Å². The van der Waals surface area contributed by atoms with Crippen molar-refractivity contribution in [1.82, 2.24) is 5.32 Å². The van der Waals surface area contributed by atoms with E-state index in [9.17, 15) is 13.2 Å². The molecule has 1 N–H and O–H groups in total. The highest BCUT2D eigenvalue weighted by molar-refractivity contribution is 6.30. The van der Waals surface area contributed by atoms with Crippen molar-refractivity contribution >= 4 is 11.6 Å². The van der Waals surface area contributed by atoms with E-state index in [2.05, 4.69) is 5.32 Å². The maximum atomic E-state index is 13.2. The molecule has 0 aliphatic heterocycles. The van der Waals surface area contributed by atoms with Crippen LogP contribution in [0.15, 0.2) is 42.5 Å². The van der Waals surface area contributed by atoms with Crippen molar-refractivity contribution < 1.29 is 13.2 Å². The minimum absolute atomic E-state index is 0.153. The van der Waals surface area contributed by atoms with E-state index in [1.54, 1.807) is 24.3 Å². The molecule has 0 aliphatic carbocycles. The second-order valence-corrected chi connectivity index (χ2v) is 5.06. The van der Waals surface area contributed by atoms with Gasteiger partial charge in [-0.3, -0.25) is 0 Å². The van der Waals surface area contributed by atoms with Crippen LogP contribution in [-0.4, -0.2) is 6.54 Å². The minimum Gasteiger partial charge on any atom is -0.313 e. The van der Waals surface area contributed by atoms with Gasteiger partial charge in [0.25, 0.3) is 0 Å². The summed E-state index contributed by atoms with van der Waals surface area (Å²) in [7, 11) is 0. The molecule has 0 aliphatic rings. The summed E-state index contributed by atoms with van der Waals surface area (Å²) in [5.74, 6) is 0. The van der Waals surface area contributed by atoms with Gasteiger partial charge >= 0.3 is 6.18 Å². The van der Waals surface area contributed by atoms with Crippen LogP contribution < -0.4 is 5.32 Å². The molecular formula is C16H15ClF3N. The van der Waals surface area contributed by atoms with Gasteiger partial charge in [-0.25, -0.2) is 0 Å². The third kappa shape index (κ3) is 3.77. The molecule has 0 unspecified atom stereocenters. The highest BCUT2D eigenvalue weighted by Crippen LogP contribution is 2.38. The Hall–Kier alpha value is -1.52. The van der Waals surface area contributed by atoms with Crippen molar-refractivity contribution in [2.24, 2.45) is 0 Å². The van der Waals surface area contributed by atoms with Gasteiger partial charge in [0.2, 0.25) is 0 Å². The van der Waals surface area contributed by atoms with E-state index in [4.69, 9.17) is 11.6 Å². The molecule has 0 radical (unpaired) electrons. The Morgan fingerprint density at radius 2 is 1.76 bits per heavy atom. The Morgan fingerprint density at radius 1 is 1.05 bits per heavy atom. The predicted octanol–water partition coefficient (Wildman–Crippen LogP) is 5.14. The molecule has 5 heteroatoms. The molecule has 2 rings (SSSR count). The highest BCUT2D eigenvalue weighted by atomic mass is 35.5. The van der Waals surface area contributed by atoms with Crippen LogP contribution in [-0.2, 0) is 12.7 Å². The number of hydrogen-bond acceptors (Lipinski definition) is 1. The van der Waals surface area contributed by atoms with Crippen molar-refractivity contribution in [2.75, 3.05) is 6.54 Å². The Labute approximate surface area is 126 Å². The van der Waals surface area contributed by atoms with E-state index in [0.717, 1.165) is 18.2 Å². The molecule has 0 bridgehead atoms. The average molecular weight is 314 g/mol. The molecule has 0 atom stereocenters. The number of alkyl halides is 3. The third-order valence-electron chi connectivity index (χ3n) is 3.16. The van der Waals surface area contributed by atoms with Crippen LogP contribution in [0.2, 0.25) is 5.02 Å². The summed E-state index contributed by atoms with van der Waals surface area (Å²) in [5, 5.41) is 3.55. The smallest absolute Gasteiger partial charge is 0.313 e. The van der Waals surface area contributed by atoms with Crippen LogP contribution in [0.1, 0.15) is 18.1 Å². The lowest BCUT2D eigenvalue weighted by molar-refractivity contribution is -0.137. The lowest BCUT2D eigenvalue weighted by atomic mass is 9.95. The van der Waals surface area contributed by atoms with Gasteiger partial charge < -0.3 is 5.32 Å². The number of halogens is 4. The molecule has 2 aromatic rings. The summed E-state index contributed by atoms with van der Waals surface area (Å²) >= 11 is 5.97. The molecule has 1 nitrogen and oxygen atoms in total. The molecule has 0 spiro atoms. The summed E-state index contributed by atoms with van der Waals surface area (Å²) in [6, 6.07) is 10.6. The topological polar surface area (TPSA) is 12.0 Å². The third-order valence-corrected chi connectivity index (χ3v) is 3.40. The molecule has 112 valence electrons. The largest absolute Gasteiger partial charge is 0.417 e. The van der Waals surface area contributed by atoms with Crippen LogP contribution in [0, 0.1) is 0 Å². The fraction of sp³-hybridized carbons (Fsp3) is 0.250. The van der Waals surface area contributed by atoms with E-state index >= 15 is 0 Å². The van der Waals surface area contributed by atoms with Gasteiger partial charge in [0.05, 0.1) is 5.56 Å². The fourth-order valence-corrected chi connectivity index (χ4v) is 2.35. The second-order valence-electron chi connectivity index (χ2n) is 4.63. The summed E-state index contributed by atoms with van der Waals surface area (Å²) in [4.78, 5) is 0. The van der Waals surface area contributed by atoms with Crippen molar-refractivity contribution in [1.29, 1.82) is 0 Å². The molecule has 2 aromatic carbocycles. The zero-order chi connectivity index (χ0) is 15.5. The van der Waals surface area contributed by atoms with E-state index in [0.29, 0.717) is 17.1 Å². The van der Waals surface area contributed by atoms with Crippen LogP contribution in [0.5, 0.6) is 0 Å². The zero-order valence-corrected chi connectivity index (χ0v) is 12.2. The second kappa shape index (κ2) is 6.50. The maximum absolute atomic E-state index is 13.2. The lowest BCUT2D eigenvalue weighted by Gasteiger charge is -2.16. The first-order valence-electron chi connectivity index (χ1n) is 6.59. The van der Waals surface area contributed by atoms with Crippen LogP contribution in [0.25, 0.3) is 11.1 Å². The Kier molecular flexibility index (Phi) is 4.91. The molecular weight excluding hydrogens is 299 g/mol. The van der Waals surface area contributed by atoms with Gasteiger partial charge in [-0.05, 0) is 41.4 Å². The minimum atomic E-state index is -4.39. The average Bonchev–Trinajstić information content (AvgIpc) is 2.45. The first kappa shape index (κ1) is 15.9. The molecule has 0 fully saturated rings. The first-order chi connectivity index (χ1) is 9.93. The number of benzene rings is 2. The zero-order valence-electron chi connectivity index (χ0n) is 11.5. The molecule has 0 amide bonds. The summed E-state index contributed by atoms with van der Waals surface area (Å²) in [6.07, 6.45) is -4.39. The molecule has 0 heterocycles. The van der Waals surface area contributed by atoms with Gasteiger partial charge in [0, 0.05) is 11.6 Å². The highest BCUT2D eigenvalue weighted by Gasteiger charge is 2.33. The van der Waals surface area contributed by atoms with Crippen molar-refractivity contribution in [2.45, 2.75) is 19.6 Å². The van der Waals surface area contributed by atoms with Gasteiger partial charge in [-0.1, -0.05) is 42.8 Å². The quantitative estimate of drug-likeness (QED) is 0.824. The van der Waals surface area contributed by atoms with Crippen LogP contribution >= 0.6 is 11.6 Å². The Balaban J connectivity index is 2.58.